The molecule has 1 aromatic carbocycles. The molecule has 0 fully saturated rings. The van der Waals surface area contributed by atoms with Crippen molar-refractivity contribution in [1.29, 1.82) is 0 Å². The minimum atomic E-state index is 0.633. The summed E-state index contributed by atoms with van der Waals surface area (Å²) in [7, 11) is 4.04. The van der Waals surface area contributed by atoms with Gasteiger partial charge in [0, 0.05) is 23.4 Å². The van der Waals surface area contributed by atoms with Gasteiger partial charge in [-0.25, -0.2) is 0 Å². The third-order valence-corrected chi connectivity index (χ3v) is 4.46. The first-order chi connectivity index (χ1) is 9.70. The number of nitrogens with one attached hydrogen (secondary N) is 1. The van der Waals surface area contributed by atoms with Crippen molar-refractivity contribution in [1.82, 2.24) is 15.1 Å². The van der Waals surface area contributed by atoms with E-state index in [1.165, 1.54) is 22.2 Å². The quantitative estimate of drug-likeness (QED) is 0.842. The van der Waals surface area contributed by atoms with Gasteiger partial charge in [-0.15, -0.1) is 0 Å². The summed E-state index contributed by atoms with van der Waals surface area (Å²) in [4.78, 5) is 0. The second-order valence-electron chi connectivity index (χ2n) is 5.20. The predicted molar refractivity (Wildman–Crippen MR) is 86.8 cm³/mol. The fourth-order valence-electron chi connectivity index (χ4n) is 2.54. The van der Waals surface area contributed by atoms with Crippen LogP contribution in [0.4, 0.5) is 0 Å². The molecule has 2 aromatic rings. The lowest BCUT2D eigenvalue weighted by Crippen LogP contribution is -2.22. The Balaban J connectivity index is 1.97. The normalized spacial score (nSPS) is 12.6. The second-order valence-corrected chi connectivity index (χ2v) is 6.06. The largest absolute Gasteiger partial charge is 0.319 e. The Morgan fingerprint density at radius 1 is 1.30 bits per heavy atom. The van der Waals surface area contributed by atoms with E-state index in [0.29, 0.717) is 5.92 Å². The molecule has 0 saturated heterocycles. The van der Waals surface area contributed by atoms with E-state index in [9.17, 15) is 0 Å². The predicted octanol–water partition coefficient (Wildman–Crippen LogP) is 3.19. The van der Waals surface area contributed by atoms with Gasteiger partial charge in [0.2, 0.25) is 0 Å². The van der Waals surface area contributed by atoms with Gasteiger partial charge in [-0.1, -0.05) is 34.1 Å². The smallest absolute Gasteiger partial charge is 0.0492 e. The Morgan fingerprint density at radius 3 is 2.75 bits per heavy atom. The standard InChI is InChI=1S/C16H22BrN3/c1-18-12-13(7-8-15-9-10-19-20(15)2)11-14-5-3-4-6-16(14)17/h3-6,9-10,13,18H,7-8,11-12H2,1-2H3. The molecule has 0 aliphatic carbocycles. The van der Waals surface area contributed by atoms with Crippen LogP contribution in [-0.4, -0.2) is 23.4 Å². The van der Waals surface area contributed by atoms with Crippen molar-refractivity contribution in [2.75, 3.05) is 13.6 Å². The average Bonchev–Trinajstić information content (AvgIpc) is 2.84. The molecular formula is C16H22BrN3. The maximum atomic E-state index is 4.23. The van der Waals surface area contributed by atoms with Crippen LogP contribution in [0, 0.1) is 5.92 Å². The molecule has 1 N–H and O–H groups in total. The molecule has 1 unspecified atom stereocenters. The van der Waals surface area contributed by atoms with Crippen LogP contribution < -0.4 is 5.32 Å². The number of rotatable bonds is 7. The maximum Gasteiger partial charge on any atom is 0.0492 e. The number of nitrogens with zero attached hydrogens (tertiary/aromatic N) is 2. The van der Waals surface area contributed by atoms with Crippen LogP contribution in [0.5, 0.6) is 0 Å². The summed E-state index contributed by atoms with van der Waals surface area (Å²) in [6.07, 6.45) is 5.21. The first kappa shape index (κ1) is 15.3. The monoisotopic (exact) mass is 335 g/mol. The molecule has 108 valence electrons. The van der Waals surface area contributed by atoms with E-state index in [-0.39, 0.29) is 0 Å². The van der Waals surface area contributed by atoms with Gasteiger partial charge in [0.25, 0.3) is 0 Å². The van der Waals surface area contributed by atoms with Crippen LogP contribution in [-0.2, 0) is 19.9 Å². The van der Waals surface area contributed by atoms with Crippen molar-refractivity contribution in [3.8, 4) is 0 Å². The lowest BCUT2D eigenvalue weighted by atomic mass is 9.94. The highest BCUT2D eigenvalue weighted by atomic mass is 79.9. The van der Waals surface area contributed by atoms with E-state index in [1.54, 1.807) is 0 Å². The van der Waals surface area contributed by atoms with E-state index < -0.39 is 0 Å². The van der Waals surface area contributed by atoms with Gasteiger partial charge in [0.05, 0.1) is 0 Å². The van der Waals surface area contributed by atoms with Crippen LogP contribution >= 0.6 is 15.9 Å². The lowest BCUT2D eigenvalue weighted by Gasteiger charge is -2.17. The van der Waals surface area contributed by atoms with Crippen LogP contribution in [0.25, 0.3) is 0 Å². The van der Waals surface area contributed by atoms with Gasteiger partial charge in [-0.2, -0.15) is 5.10 Å². The van der Waals surface area contributed by atoms with E-state index >= 15 is 0 Å². The molecule has 1 aromatic heterocycles. The topological polar surface area (TPSA) is 29.9 Å². The van der Waals surface area contributed by atoms with E-state index in [4.69, 9.17) is 0 Å². The van der Waals surface area contributed by atoms with E-state index in [1.807, 2.05) is 25.0 Å². The Kier molecular flexibility index (Phi) is 5.80. The zero-order chi connectivity index (χ0) is 14.4. The first-order valence-corrected chi connectivity index (χ1v) is 7.85. The Morgan fingerprint density at radius 2 is 2.10 bits per heavy atom. The summed E-state index contributed by atoms with van der Waals surface area (Å²) in [5, 5.41) is 7.55. The SMILES string of the molecule is CNCC(CCc1ccnn1C)Cc1ccccc1Br. The van der Waals surface area contributed by atoms with Crippen molar-refractivity contribution < 1.29 is 0 Å². The average molecular weight is 336 g/mol. The molecule has 0 amide bonds. The third kappa shape index (κ3) is 4.18. The summed E-state index contributed by atoms with van der Waals surface area (Å²) >= 11 is 3.64. The van der Waals surface area contributed by atoms with Gasteiger partial charge in [-0.05, 0) is 56.5 Å². The number of halogens is 1. The van der Waals surface area contributed by atoms with Gasteiger partial charge in [-0.3, -0.25) is 4.68 Å². The summed E-state index contributed by atoms with van der Waals surface area (Å²) < 4.78 is 3.18. The summed E-state index contributed by atoms with van der Waals surface area (Å²) in [6, 6.07) is 10.6. The van der Waals surface area contributed by atoms with Gasteiger partial charge in [0.1, 0.15) is 0 Å². The van der Waals surface area contributed by atoms with Gasteiger partial charge in [0.15, 0.2) is 0 Å². The van der Waals surface area contributed by atoms with Crippen LogP contribution in [0.2, 0.25) is 0 Å². The number of aromatic nitrogens is 2. The Hall–Kier alpha value is -1.13. The lowest BCUT2D eigenvalue weighted by molar-refractivity contribution is 0.454. The highest BCUT2D eigenvalue weighted by molar-refractivity contribution is 9.10. The third-order valence-electron chi connectivity index (χ3n) is 3.69. The number of aryl methyl sites for hydroxylation is 2. The molecule has 1 atom stereocenters. The number of benzene rings is 1. The molecule has 0 saturated carbocycles. The van der Waals surface area contributed by atoms with Crippen LogP contribution in [0.1, 0.15) is 17.7 Å². The molecule has 0 aliphatic rings. The van der Waals surface area contributed by atoms with E-state index in [2.05, 4.69) is 56.7 Å². The Labute approximate surface area is 129 Å². The molecule has 3 nitrogen and oxygen atoms in total. The fourth-order valence-corrected chi connectivity index (χ4v) is 2.99. The van der Waals surface area contributed by atoms with Crippen molar-refractivity contribution in [3.05, 3.63) is 52.3 Å². The zero-order valence-electron chi connectivity index (χ0n) is 12.1. The van der Waals surface area contributed by atoms with Gasteiger partial charge >= 0.3 is 0 Å². The van der Waals surface area contributed by atoms with Crippen molar-refractivity contribution in [3.63, 3.8) is 0 Å². The molecule has 20 heavy (non-hydrogen) atoms. The molecule has 0 spiro atoms. The van der Waals surface area contributed by atoms with Crippen molar-refractivity contribution in [2.45, 2.75) is 19.3 Å². The minimum Gasteiger partial charge on any atom is -0.319 e. The Bertz CT molecular complexity index is 536. The van der Waals surface area contributed by atoms with Crippen molar-refractivity contribution in [2.24, 2.45) is 13.0 Å². The fraction of sp³-hybridized carbons (Fsp3) is 0.438. The van der Waals surface area contributed by atoms with Crippen molar-refractivity contribution >= 4 is 15.9 Å². The highest BCUT2D eigenvalue weighted by Crippen LogP contribution is 2.21. The van der Waals surface area contributed by atoms with E-state index in [0.717, 1.165) is 19.4 Å². The second kappa shape index (κ2) is 7.60. The summed E-state index contributed by atoms with van der Waals surface area (Å²) in [5.74, 6) is 0.633. The molecule has 1 heterocycles. The highest BCUT2D eigenvalue weighted by Gasteiger charge is 2.12. The molecule has 0 aliphatic heterocycles. The molecule has 0 radical (unpaired) electrons. The molecule has 4 heteroatoms. The summed E-state index contributed by atoms with van der Waals surface area (Å²) in [5.41, 5.74) is 2.69. The number of hydrogen-bond acceptors (Lipinski definition) is 2. The zero-order valence-corrected chi connectivity index (χ0v) is 13.7. The van der Waals surface area contributed by atoms with Crippen LogP contribution in [0.3, 0.4) is 0 Å². The van der Waals surface area contributed by atoms with Crippen LogP contribution in [0.15, 0.2) is 41.0 Å². The maximum absolute atomic E-state index is 4.23. The first-order valence-electron chi connectivity index (χ1n) is 7.05. The molecule has 2 rings (SSSR count). The number of hydrogen-bond donors (Lipinski definition) is 1. The van der Waals surface area contributed by atoms with Gasteiger partial charge < -0.3 is 5.32 Å². The minimum absolute atomic E-state index is 0.633. The molecular weight excluding hydrogens is 314 g/mol. The summed E-state index contributed by atoms with van der Waals surface area (Å²) in [6.45, 7) is 1.04. The molecule has 0 bridgehead atoms.